The highest BCUT2D eigenvalue weighted by Crippen LogP contribution is 2.60. The van der Waals surface area contributed by atoms with Gasteiger partial charge in [-0.1, -0.05) is 24.3 Å². The topological polar surface area (TPSA) is 103 Å². The Kier molecular flexibility index (Phi) is 7.65. The Morgan fingerprint density at radius 2 is 1.52 bits per heavy atom. The van der Waals surface area contributed by atoms with Crippen molar-refractivity contribution in [2.24, 2.45) is 23.2 Å². The molecular weight excluding hydrogens is 572 g/mol. The molecule has 44 heavy (non-hydrogen) atoms. The molecule has 8 nitrogen and oxygen atoms in total. The molecule has 5 fully saturated rings. The van der Waals surface area contributed by atoms with Crippen LogP contribution in [0.25, 0.3) is 11.1 Å². The van der Waals surface area contributed by atoms with Gasteiger partial charge in [0, 0.05) is 55.2 Å². The summed E-state index contributed by atoms with van der Waals surface area (Å²) in [6, 6.07) is 17.7. The minimum Gasteiger partial charge on any atom is -0.506 e. The molecule has 1 unspecified atom stereocenters. The Hall–Kier alpha value is -3.43. The number of aromatic hydroxyl groups is 1. The lowest BCUT2D eigenvalue weighted by Gasteiger charge is -2.56. The van der Waals surface area contributed by atoms with E-state index >= 15 is 0 Å². The van der Waals surface area contributed by atoms with E-state index < -0.39 is 15.9 Å². The average Bonchev–Trinajstić information content (AvgIpc) is 2.99. The smallest absolute Gasteiger partial charge is 0.264 e. The number of hydrogen-bond donors (Lipinski definition) is 2. The van der Waals surface area contributed by atoms with Gasteiger partial charge in [0.05, 0.1) is 11.9 Å². The highest BCUT2D eigenvalue weighted by atomic mass is 32.2. The summed E-state index contributed by atoms with van der Waals surface area (Å²) < 4.78 is 28.7. The largest absolute Gasteiger partial charge is 0.506 e. The monoisotopic (exact) mass is 614 g/mol. The van der Waals surface area contributed by atoms with E-state index in [4.69, 9.17) is 0 Å². The molecule has 1 aliphatic heterocycles. The van der Waals surface area contributed by atoms with Gasteiger partial charge in [0.15, 0.2) is 0 Å². The summed E-state index contributed by atoms with van der Waals surface area (Å²) in [4.78, 5) is 21.8. The normalized spacial score (nSPS) is 27.3. The molecule has 1 atom stereocenters. The lowest BCUT2D eigenvalue weighted by molar-refractivity contribution is -0.0391. The van der Waals surface area contributed by atoms with Gasteiger partial charge in [0.1, 0.15) is 5.75 Å². The number of amides is 1. The zero-order chi connectivity index (χ0) is 30.5. The number of benzene rings is 2. The highest BCUT2D eigenvalue weighted by molar-refractivity contribution is 7.90. The van der Waals surface area contributed by atoms with Crippen LogP contribution in [0.2, 0.25) is 0 Å². The van der Waals surface area contributed by atoms with Crippen LogP contribution in [0.15, 0.2) is 67.0 Å². The van der Waals surface area contributed by atoms with Gasteiger partial charge < -0.3 is 10.0 Å². The summed E-state index contributed by atoms with van der Waals surface area (Å²) in [6.07, 6.45) is 9.98. The molecule has 0 spiro atoms. The molecule has 9 heteroatoms. The van der Waals surface area contributed by atoms with Gasteiger partial charge in [0.2, 0.25) is 10.0 Å². The number of aromatic nitrogens is 1. The quantitative estimate of drug-likeness (QED) is 0.340. The van der Waals surface area contributed by atoms with Gasteiger partial charge in [-0.15, -0.1) is 0 Å². The van der Waals surface area contributed by atoms with Crippen molar-refractivity contribution in [3.05, 3.63) is 78.1 Å². The van der Waals surface area contributed by atoms with Crippen LogP contribution in [-0.4, -0.2) is 61.2 Å². The van der Waals surface area contributed by atoms with E-state index in [1.165, 1.54) is 31.0 Å². The standard InChI is InChI=1S/C35H42N4O4S/c1-24(28-2-4-29(5-3-28)31-17-33(40)22-36-21-31)38-10-12-39(13-11-38)32-8-6-30(7-9-32)34(41)37-44(42,43)23-35-18-25-14-26(19-35)16-27(15-25)20-35/h2-9,17,21-22,24-27,40H,10-16,18-20,23H2,1H3,(H,37,41). The van der Waals surface area contributed by atoms with Crippen molar-refractivity contribution < 1.29 is 18.3 Å². The Morgan fingerprint density at radius 1 is 0.909 bits per heavy atom. The summed E-state index contributed by atoms with van der Waals surface area (Å²) in [5.74, 6) is 1.72. The zero-order valence-corrected chi connectivity index (χ0v) is 26.2. The van der Waals surface area contributed by atoms with Crippen molar-refractivity contribution in [2.45, 2.75) is 51.5 Å². The third-order valence-electron chi connectivity index (χ3n) is 10.7. The maximum absolute atomic E-state index is 13.1. The molecule has 3 aromatic rings. The van der Waals surface area contributed by atoms with Crippen LogP contribution in [0.4, 0.5) is 5.69 Å². The number of pyridine rings is 1. The lowest BCUT2D eigenvalue weighted by atomic mass is 9.50. The molecule has 232 valence electrons. The van der Waals surface area contributed by atoms with Crippen molar-refractivity contribution in [3.8, 4) is 16.9 Å². The zero-order valence-electron chi connectivity index (χ0n) is 25.4. The van der Waals surface area contributed by atoms with E-state index in [9.17, 15) is 18.3 Å². The number of anilines is 1. The van der Waals surface area contributed by atoms with E-state index in [2.05, 4.69) is 50.7 Å². The first-order valence-corrected chi connectivity index (χ1v) is 17.7. The maximum Gasteiger partial charge on any atom is 0.264 e. The van der Waals surface area contributed by atoms with Gasteiger partial charge >= 0.3 is 0 Å². The van der Waals surface area contributed by atoms with Gasteiger partial charge in [-0.3, -0.25) is 14.7 Å². The summed E-state index contributed by atoms with van der Waals surface area (Å²) in [7, 11) is -3.71. The number of rotatable bonds is 8. The number of nitrogens with zero attached hydrogens (tertiary/aromatic N) is 3. The molecule has 8 rings (SSSR count). The molecule has 1 amide bonds. The molecule has 4 saturated carbocycles. The third kappa shape index (κ3) is 6.09. The SMILES string of the molecule is CC(c1ccc(-c2cncc(O)c2)cc1)N1CCN(c2ccc(C(=O)NS(=O)(=O)CC34CC5CC(CC(C5)C3)C4)cc2)CC1. The number of carbonyl (C=O) groups is 1. The highest BCUT2D eigenvalue weighted by Gasteiger charge is 2.52. The van der Waals surface area contributed by atoms with Crippen LogP contribution >= 0.6 is 0 Å². The number of piperazine rings is 1. The molecule has 2 heterocycles. The Labute approximate surface area is 260 Å². The molecule has 0 radical (unpaired) electrons. The predicted octanol–water partition coefficient (Wildman–Crippen LogP) is 5.61. The first-order chi connectivity index (χ1) is 21.1. The van der Waals surface area contributed by atoms with Crippen LogP contribution < -0.4 is 9.62 Å². The van der Waals surface area contributed by atoms with Crippen LogP contribution in [0.5, 0.6) is 5.75 Å². The van der Waals surface area contributed by atoms with Gasteiger partial charge in [-0.25, -0.2) is 13.1 Å². The fourth-order valence-corrected chi connectivity index (χ4v) is 10.7. The van der Waals surface area contributed by atoms with E-state index in [0.29, 0.717) is 23.3 Å². The second kappa shape index (κ2) is 11.5. The van der Waals surface area contributed by atoms with Crippen LogP contribution in [0.3, 0.4) is 0 Å². The number of sulfonamides is 1. The average molecular weight is 615 g/mol. The summed E-state index contributed by atoms with van der Waals surface area (Å²) in [5.41, 5.74) is 4.42. The molecule has 1 aromatic heterocycles. The van der Waals surface area contributed by atoms with Gasteiger partial charge in [0.25, 0.3) is 5.91 Å². The van der Waals surface area contributed by atoms with E-state index in [1.54, 1.807) is 24.4 Å². The second-order valence-electron chi connectivity index (χ2n) is 13.9. The molecule has 1 saturated heterocycles. The van der Waals surface area contributed by atoms with Crippen LogP contribution in [-0.2, 0) is 10.0 Å². The van der Waals surface area contributed by atoms with Crippen molar-refractivity contribution in [3.63, 3.8) is 0 Å². The lowest BCUT2D eigenvalue weighted by Crippen LogP contribution is -2.51. The van der Waals surface area contributed by atoms with Crippen molar-refractivity contribution >= 4 is 21.6 Å². The fourth-order valence-electron chi connectivity index (χ4n) is 9.05. The Balaban J connectivity index is 0.920. The Morgan fingerprint density at radius 3 is 2.11 bits per heavy atom. The summed E-state index contributed by atoms with van der Waals surface area (Å²) in [5, 5.41) is 9.74. The van der Waals surface area contributed by atoms with Crippen molar-refractivity contribution in [1.29, 1.82) is 0 Å². The van der Waals surface area contributed by atoms with Crippen molar-refractivity contribution in [2.75, 3.05) is 36.8 Å². The Bertz CT molecular complexity index is 1580. The van der Waals surface area contributed by atoms with E-state index in [1.807, 2.05) is 12.1 Å². The molecule has 4 aliphatic carbocycles. The molecule has 2 aromatic carbocycles. The number of nitrogens with one attached hydrogen (secondary N) is 1. The molecule has 5 aliphatic rings. The summed E-state index contributed by atoms with van der Waals surface area (Å²) in [6.45, 7) is 5.77. The van der Waals surface area contributed by atoms with E-state index in [0.717, 1.165) is 62.3 Å². The minimum atomic E-state index is -3.71. The summed E-state index contributed by atoms with van der Waals surface area (Å²) >= 11 is 0. The predicted molar refractivity (Wildman–Crippen MR) is 172 cm³/mol. The molecular formula is C35H42N4O4S. The second-order valence-corrected chi connectivity index (χ2v) is 15.6. The van der Waals surface area contributed by atoms with Gasteiger partial charge in [-0.2, -0.15) is 0 Å². The van der Waals surface area contributed by atoms with Crippen LogP contribution in [0.1, 0.15) is 67.4 Å². The first kappa shape index (κ1) is 29.3. The van der Waals surface area contributed by atoms with Crippen molar-refractivity contribution in [1.82, 2.24) is 14.6 Å². The number of hydrogen-bond acceptors (Lipinski definition) is 7. The maximum atomic E-state index is 13.1. The molecule has 4 bridgehead atoms. The minimum absolute atomic E-state index is 0.0786. The molecule has 2 N–H and O–H groups in total. The third-order valence-corrected chi connectivity index (χ3v) is 12.2. The fraction of sp³-hybridized carbons (Fsp3) is 0.486. The van der Waals surface area contributed by atoms with E-state index in [-0.39, 0.29) is 23.0 Å². The number of carbonyl (C=O) groups excluding carboxylic acids is 1. The van der Waals surface area contributed by atoms with Crippen LogP contribution in [0, 0.1) is 23.2 Å². The first-order valence-electron chi connectivity index (χ1n) is 16.0. The van der Waals surface area contributed by atoms with Gasteiger partial charge in [-0.05, 0) is 110 Å².